The van der Waals surface area contributed by atoms with Gasteiger partial charge in [0.1, 0.15) is 18.7 Å². The van der Waals surface area contributed by atoms with Crippen LogP contribution >= 0.6 is 0 Å². The van der Waals surface area contributed by atoms with Gasteiger partial charge >= 0.3 is 0 Å². The van der Waals surface area contributed by atoms with Crippen LogP contribution in [0.2, 0.25) is 0 Å². The maximum Gasteiger partial charge on any atom is 0.245 e. The lowest BCUT2D eigenvalue weighted by Crippen LogP contribution is -2.53. The van der Waals surface area contributed by atoms with E-state index >= 15 is 0 Å². The van der Waals surface area contributed by atoms with E-state index in [4.69, 9.17) is 0 Å². The largest absolute Gasteiger partial charge is 0.352 e. The SMILES string of the molecule is O=C1CC[C@H](C(=O)N2CCN(c3ccc(-n4cncn4)nn3)CC2)N1. The third kappa shape index (κ3) is 3.14. The summed E-state index contributed by atoms with van der Waals surface area (Å²) in [6, 6.07) is 3.36. The Bertz CT molecular complexity index is 752. The fraction of sp³-hybridized carbons (Fsp3) is 0.467. The molecule has 2 amide bonds. The van der Waals surface area contributed by atoms with Crippen molar-refractivity contribution >= 4 is 17.6 Å². The molecule has 0 aliphatic carbocycles. The Hall–Kier alpha value is -3.04. The van der Waals surface area contributed by atoms with E-state index in [1.807, 2.05) is 17.0 Å². The fourth-order valence-electron chi connectivity index (χ4n) is 3.11. The summed E-state index contributed by atoms with van der Waals surface area (Å²) in [5.74, 6) is 1.34. The number of amides is 2. The molecule has 2 aromatic heterocycles. The third-order valence-electron chi connectivity index (χ3n) is 4.50. The number of piperazine rings is 1. The van der Waals surface area contributed by atoms with Crippen LogP contribution in [0.4, 0.5) is 5.82 Å². The van der Waals surface area contributed by atoms with Gasteiger partial charge in [0, 0.05) is 32.6 Å². The first-order valence-corrected chi connectivity index (χ1v) is 8.22. The zero-order chi connectivity index (χ0) is 17.2. The van der Waals surface area contributed by atoms with E-state index < -0.39 is 0 Å². The van der Waals surface area contributed by atoms with Gasteiger partial charge in [0.2, 0.25) is 11.8 Å². The second-order valence-electron chi connectivity index (χ2n) is 6.06. The summed E-state index contributed by atoms with van der Waals surface area (Å²) in [6.45, 7) is 2.59. The molecule has 1 atom stereocenters. The highest BCUT2D eigenvalue weighted by atomic mass is 16.2. The summed E-state index contributed by atoms with van der Waals surface area (Å²) in [7, 11) is 0. The quantitative estimate of drug-likeness (QED) is 0.761. The van der Waals surface area contributed by atoms with Crippen molar-refractivity contribution in [1.82, 2.24) is 35.2 Å². The van der Waals surface area contributed by atoms with Crippen LogP contribution in [0, 0.1) is 0 Å². The molecule has 0 spiro atoms. The van der Waals surface area contributed by atoms with Crippen LogP contribution in [0.1, 0.15) is 12.8 Å². The van der Waals surface area contributed by atoms with Crippen molar-refractivity contribution in [3.8, 4) is 5.82 Å². The summed E-state index contributed by atoms with van der Waals surface area (Å²) in [5, 5.41) is 15.2. The molecule has 2 fully saturated rings. The van der Waals surface area contributed by atoms with Crippen molar-refractivity contribution in [2.45, 2.75) is 18.9 Å². The van der Waals surface area contributed by atoms with Gasteiger partial charge in [-0.05, 0) is 18.6 Å². The first-order valence-electron chi connectivity index (χ1n) is 8.22. The topological polar surface area (TPSA) is 109 Å². The van der Waals surface area contributed by atoms with Gasteiger partial charge in [-0.1, -0.05) is 0 Å². The first kappa shape index (κ1) is 15.5. The highest BCUT2D eigenvalue weighted by Gasteiger charge is 2.32. The Kier molecular flexibility index (Phi) is 4.00. The second kappa shape index (κ2) is 6.46. The van der Waals surface area contributed by atoms with E-state index in [9.17, 15) is 9.59 Å². The number of nitrogens with one attached hydrogen (secondary N) is 1. The number of carbonyl (C=O) groups excluding carboxylic acids is 2. The zero-order valence-corrected chi connectivity index (χ0v) is 13.6. The maximum atomic E-state index is 12.4. The minimum absolute atomic E-state index is 0.0121. The van der Waals surface area contributed by atoms with Gasteiger partial charge in [-0.2, -0.15) is 5.10 Å². The van der Waals surface area contributed by atoms with E-state index in [0.717, 1.165) is 5.82 Å². The predicted octanol–water partition coefficient (Wildman–Crippen LogP) is -1.02. The third-order valence-corrected chi connectivity index (χ3v) is 4.50. The second-order valence-corrected chi connectivity index (χ2v) is 6.06. The fourth-order valence-corrected chi connectivity index (χ4v) is 3.11. The van der Waals surface area contributed by atoms with Crippen LogP contribution < -0.4 is 10.2 Å². The molecule has 0 aromatic carbocycles. The van der Waals surface area contributed by atoms with Crippen molar-refractivity contribution in [1.29, 1.82) is 0 Å². The van der Waals surface area contributed by atoms with Gasteiger partial charge in [-0.3, -0.25) is 9.59 Å². The van der Waals surface area contributed by atoms with Crippen LogP contribution in [-0.4, -0.2) is 73.9 Å². The molecule has 130 valence electrons. The Morgan fingerprint density at radius 1 is 1.12 bits per heavy atom. The molecule has 10 heteroatoms. The summed E-state index contributed by atoms with van der Waals surface area (Å²) < 4.78 is 1.54. The highest BCUT2D eigenvalue weighted by molar-refractivity contribution is 5.90. The van der Waals surface area contributed by atoms with Crippen LogP contribution in [0.5, 0.6) is 0 Å². The summed E-state index contributed by atoms with van der Waals surface area (Å²) in [6.07, 6.45) is 4.03. The lowest BCUT2D eigenvalue weighted by atomic mass is 10.2. The molecule has 25 heavy (non-hydrogen) atoms. The van der Waals surface area contributed by atoms with E-state index in [0.29, 0.717) is 44.8 Å². The van der Waals surface area contributed by atoms with Crippen molar-refractivity contribution in [2.24, 2.45) is 0 Å². The average Bonchev–Trinajstić information content (AvgIpc) is 3.33. The van der Waals surface area contributed by atoms with Crippen molar-refractivity contribution in [2.75, 3.05) is 31.1 Å². The van der Waals surface area contributed by atoms with Gasteiger partial charge in [0.25, 0.3) is 0 Å². The molecule has 2 aliphatic rings. The Labute approximate surface area is 143 Å². The van der Waals surface area contributed by atoms with Crippen LogP contribution in [-0.2, 0) is 9.59 Å². The Morgan fingerprint density at radius 3 is 2.48 bits per heavy atom. The van der Waals surface area contributed by atoms with Gasteiger partial charge in [0.05, 0.1) is 0 Å². The minimum Gasteiger partial charge on any atom is -0.352 e. The average molecular weight is 342 g/mol. The Balaban J connectivity index is 1.35. The van der Waals surface area contributed by atoms with Crippen LogP contribution in [0.15, 0.2) is 24.8 Å². The zero-order valence-electron chi connectivity index (χ0n) is 13.6. The molecule has 1 N–H and O–H groups in total. The number of rotatable bonds is 3. The van der Waals surface area contributed by atoms with E-state index in [-0.39, 0.29) is 17.9 Å². The lowest BCUT2D eigenvalue weighted by molar-refractivity contribution is -0.134. The predicted molar refractivity (Wildman–Crippen MR) is 86.9 cm³/mol. The van der Waals surface area contributed by atoms with Crippen LogP contribution in [0.3, 0.4) is 0 Å². The van der Waals surface area contributed by atoms with Gasteiger partial charge in [0.15, 0.2) is 11.6 Å². The lowest BCUT2D eigenvalue weighted by Gasteiger charge is -2.36. The number of nitrogens with zero attached hydrogens (tertiary/aromatic N) is 7. The monoisotopic (exact) mass is 342 g/mol. The molecule has 4 rings (SSSR count). The van der Waals surface area contributed by atoms with Crippen molar-refractivity contribution in [3.05, 3.63) is 24.8 Å². The number of hydrogen-bond donors (Lipinski definition) is 1. The van der Waals surface area contributed by atoms with E-state index in [1.165, 1.54) is 6.33 Å². The molecule has 0 saturated carbocycles. The molecule has 2 aliphatic heterocycles. The molecule has 2 saturated heterocycles. The molecule has 0 unspecified atom stereocenters. The number of hydrogen-bond acceptors (Lipinski definition) is 7. The summed E-state index contributed by atoms with van der Waals surface area (Å²) in [5.41, 5.74) is 0. The van der Waals surface area contributed by atoms with Crippen LogP contribution in [0.25, 0.3) is 5.82 Å². The standard InChI is InChI=1S/C15H18N8O2/c24-14-4-1-11(18-14)15(25)22-7-5-21(6-8-22)12-2-3-13(20-19-12)23-10-16-9-17-23/h2-3,9-11H,1,4-8H2,(H,18,24)/t11-/m1/s1. The smallest absolute Gasteiger partial charge is 0.245 e. The molecule has 10 nitrogen and oxygen atoms in total. The van der Waals surface area contributed by atoms with E-state index in [2.05, 4.69) is 30.5 Å². The van der Waals surface area contributed by atoms with Gasteiger partial charge in [-0.15, -0.1) is 10.2 Å². The van der Waals surface area contributed by atoms with Gasteiger partial charge < -0.3 is 15.1 Å². The molecule has 0 radical (unpaired) electrons. The summed E-state index contributed by atoms with van der Waals surface area (Å²) >= 11 is 0. The molecule has 0 bridgehead atoms. The minimum atomic E-state index is -0.360. The highest BCUT2D eigenvalue weighted by Crippen LogP contribution is 2.16. The number of anilines is 1. The van der Waals surface area contributed by atoms with Crippen molar-refractivity contribution in [3.63, 3.8) is 0 Å². The van der Waals surface area contributed by atoms with Crippen molar-refractivity contribution < 1.29 is 9.59 Å². The summed E-state index contributed by atoms with van der Waals surface area (Å²) in [4.78, 5) is 31.5. The molecule has 2 aromatic rings. The van der Waals surface area contributed by atoms with Gasteiger partial charge in [-0.25, -0.2) is 9.67 Å². The molecular formula is C15H18N8O2. The number of aromatic nitrogens is 5. The number of carbonyl (C=O) groups is 2. The normalized spacial score (nSPS) is 20.6. The Morgan fingerprint density at radius 2 is 1.88 bits per heavy atom. The van der Waals surface area contributed by atoms with E-state index in [1.54, 1.807) is 11.0 Å². The molecule has 4 heterocycles. The first-order chi connectivity index (χ1) is 12.2. The molecular weight excluding hydrogens is 324 g/mol. The maximum absolute atomic E-state index is 12.4.